The fraction of sp³-hybridized carbons (Fsp3) is 0.500. The molecular weight excluding hydrogens is 346 g/mol. The number of nitrogens with one attached hydrogen (secondary N) is 2. The van der Waals surface area contributed by atoms with Crippen LogP contribution in [-0.2, 0) is 0 Å². The van der Waals surface area contributed by atoms with Gasteiger partial charge in [-0.1, -0.05) is 17.7 Å². The largest absolute Gasteiger partial charge is 0.370 e. The number of hydrogen-bond donors (Lipinski definition) is 3. The van der Waals surface area contributed by atoms with Crippen molar-refractivity contribution >= 4 is 23.2 Å². The molecule has 2 fully saturated rings. The Morgan fingerprint density at radius 3 is 2.65 bits per heavy atom. The smallest absolute Gasteiger partial charge is 0.126 e. The summed E-state index contributed by atoms with van der Waals surface area (Å²) in [6.07, 6.45) is 8.65. The van der Waals surface area contributed by atoms with Crippen molar-refractivity contribution in [2.45, 2.75) is 50.6 Å². The molecule has 0 aliphatic heterocycles. The first-order chi connectivity index (χ1) is 12.7. The number of halogens is 1. The summed E-state index contributed by atoms with van der Waals surface area (Å²) < 4.78 is 0. The number of nitrogens with zero attached hydrogens (tertiary/aromatic N) is 2. The minimum Gasteiger partial charge on any atom is -0.370 e. The van der Waals surface area contributed by atoms with Crippen molar-refractivity contribution in [3.05, 3.63) is 35.5 Å². The van der Waals surface area contributed by atoms with Crippen LogP contribution in [0.15, 0.2) is 30.5 Å². The van der Waals surface area contributed by atoms with Crippen LogP contribution in [0.5, 0.6) is 0 Å². The summed E-state index contributed by atoms with van der Waals surface area (Å²) >= 11 is 6.42. The molecule has 0 bridgehead atoms. The Morgan fingerprint density at radius 2 is 1.88 bits per heavy atom. The van der Waals surface area contributed by atoms with Crippen molar-refractivity contribution in [1.29, 1.82) is 0 Å². The first-order valence-electron chi connectivity index (χ1n) is 9.56. The maximum Gasteiger partial charge on any atom is 0.126 e. The van der Waals surface area contributed by atoms with Gasteiger partial charge in [0.05, 0.1) is 10.7 Å². The lowest BCUT2D eigenvalue weighted by Gasteiger charge is -2.27. The van der Waals surface area contributed by atoms with Gasteiger partial charge in [0.2, 0.25) is 0 Å². The number of hydrogen-bond acceptors (Lipinski definition) is 5. The molecule has 2 aliphatic rings. The summed E-state index contributed by atoms with van der Waals surface area (Å²) in [5, 5.41) is 7.57. The average Bonchev–Trinajstić information content (AvgIpc) is 3.48. The van der Waals surface area contributed by atoms with Gasteiger partial charge in [-0.25, -0.2) is 9.97 Å². The van der Waals surface area contributed by atoms with Crippen LogP contribution in [0.25, 0.3) is 11.3 Å². The molecule has 0 spiro atoms. The summed E-state index contributed by atoms with van der Waals surface area (Å²) in [6.45, 7) is 0.997. The number of aromatic nitrogens is 2. The number of rotatable bonds is 6. The van der Waals surface area contributed by atoms with Crippen LogP contribution >= 0.6 is 11.6 Å². The van der Waals surface area contributed by atoms with E-state index in [-0.39, 0.29) is 0 Å². The van der Waals surface area contributed by atoms with E-state index in [0.29, 0.717) is 17.1 Å². The third-order valence-corrected chi connectivity index (χ3v) is 5.57. The maximum atomic E-state index is 6.42. The SMILES string of the molecule is NC1CCC(Nc2cc(-c3cccc(NCC4CC4)n3)c(Cl)cn2)CC1. The molecule has 0 atom stereocenters. The Balaban J connectivity index is 1.49. The first-order valence-corrected chi connectivity index (χ1v) is 9.94. The third kappa shape index (κ3) is 4.46. The van der Waals surface area contributed by atoms with Gasteiger partial charge in [0.1, 0.15) is 11.6 Å². The fourth-order valence-electron chi connectivity index (χ4n) is 3.44. The lowest BCUT2D eigenvalue weighted by atomic mass is 9.92. The highest BCUT2D eigenvalue weighted by Crippen LogP contribution is 2.31. The molecule has 2 saturated carbocycles. The Kier molecular flexibility index (Phi) is 5.27. The molecular formula is C20H26ClN5. The second-order valence-electron chi connectivity index (χ2n) is 7.54. The predicted molar refractivity (Wildman–Crippen MR) is 108 cm³/mol. The van der Waals surface area contributed by atoms with Crippen LogP contribution in [0.1, 0.15) is 38.5 Å². The quantitative estimate of drug-likeness (QED) is 0.705. The van der Waals surface area contributed by atoms with E-state index in [9.17, 15) is 0 Å². The van der Waals surface area contributed by atoms with Crippen molar-refractivity contribution < 1.29 is 0 Å². The molecule has 0 radical (unpaired) electrons. The summed E-state index contributed by atoms with van der Waals surface area (Å²) in [4.78, 5) is 9.18. The molecule has 2 heterocycles. The molecule has 2 aromatic heterocycles. The molecule has 0 aromatic carbocycles. The molecule has 5 nitrogen and oxygen atoms in total. The van der Waals surface area contributed by atoms with Gasteiger partial charge in [0.15, 0.2) is 0 Å². The molecule has 6 heteroatoms. The first kappa shape index (κ1) is 17.6. The van der Waals surface area contributed by atoms with E-state index in [2.05, 4.69) is 15.6 Å². The van der Waals surface area contributed by atoms with Crippen molar-refractivity contribution in [1.82, 2.24) is 9.97 Å². The van der Waals surface area contributed by atoms with Crippen LogP contribution in [-0.4, -0.2) is 28.6 Å². The van der Waals surface area contributed by atoms with E-state index < -0.39 is 0 Å². The Bertz CT molecular complexity index is 754. The third-order valence-electron chi connectivity index (χ3n) is 5.27. The zero-order chi connectivity index (χ0) is 17.9. The number of nitrogens with two attached hydrogens (primary N) is 1. The zero-order valence-electron chi connectivity index (χ0n) is 14.9. The minimum absolute atomic E-state index is 0.344. The van der Waals surface area contributed by atoms with Crippen LogP contribution in [0, 0.1) is 5.92 Å². The topological polar surface area (TPSA) is 75.9 Å². The van der Waals surface area contributed by atoms with Gasteiger partial charge >= 0.3 is 0 Å². The normalized spacial score (nSPS) is 22.8. The van der Waals surface area contributed by atoms with E-state index in [1.54, 1.807) is 6.20 Å². The lowest BCUT2D eigenvalue weighted by Crippen LogP contribution is -2.33. The van der Waals surface area contributed by atoms with Gasteiger partial charge in [0.25, 0.3) is 0 Å². The minimum atomic E-state index is 0.344. The van der Waals surface area contributed by atoms with E-state index in [0.717, 1.165) is 61.0 Å². The molecule has 26 heavy (non-hydrogen) atoms. The monoisotopic (exact) mass is 371 g/mol. The van der Waals surface area contributed by atoms with Gasteiger partial charge in [-0.05, 0) is 62.6 Å². The highest BCUT2D eigenvalue weighted by molar-refractivity contribution is 6.33. The summed E-state index contributed by atoms with van der Waals surface area (Å²) in [6, 6.07) is 8.79. The van der Waals surface area contributed by atoms with Crippen LogP contribution in [0.2, 0.25) is 5.02 Å². The van der Waals surface area contributed by atoms with Gasteiger partial charge in [-0.2, -0.15) is 0 Å². The summed E-state index contributed by atoms with van der Waals surface area (Å²) in [7, 11) is 0. The van der Waals surface area contributed by atoms with E-state index >= 15 is 0 Å². The maximum absolute atomic E-state index is 6.42. The highest BCUT2D eigenvalue weighted by atomic mass is 35.5. The van der Waals surface area contributed by atoms with Gasteiger partial charge in [-0.15, -0.1) is 0 Å². The standard InChI is InChI=1S/C20H26ClN5/c21-17-12-24-20(25-15-8-6-14(22)7-9-15)10-16(17)18-2-1-3-19(26-18)23-11-13-4-5-13/h1-3,10,12-15H,4-9,11,22H2,(H,23,26)(H,24,25). The van der Waals surface area contributed by atoms with Crippen molar-refractivity contribution in [3.63, 3.8) is 0 Å². The molecule has 4 N–H and O–H groups in total. The Labute approximate surface area is 159 Å². The molecule has 2 aromatic rings. The van der Waals surface area contributed by atoms with E-state index in [1.807, 2.05) is 24.3 Å². The Morgan fingerprint density at radius 1 is 1.08 bits per heavy atom. The van der Waals surface area contributed by atoms with Crippen molar-refractivity contribution in [3.8, 4) is 11.3 Å². The summed E-state index contributed by atoms with van der Waals surface area (Å²) in [5.41, 5.74) is 7.77. The molecule has 4 rings (SSSR count). The van der Waals surface area contributed by atoms with E-state index in [4.69, 9.17) is 22.3 Å². The second-order valence-corrected chi connectivity index (χ2v) is 7.94. The van der Waals surface area contributed by atoms with Crippen LogP contribution in [0.4, 0.5) is 11.6 Å². The zero-order valence-corrected chi connectivity index (χ0v) is 15.7. The molecule has 138 valence electrons. The van der Waals surface area contributed by atoms with Gasteiger partial charge < -0.3 is 16.4 Å². The second kappa shape index (κ2) is 7.80. The fourth-order valence-corrected chi connectivity index (χ4v) is 3.64. The molecule has 0 unspecified atom stereocenters. The molecule has 2 aliphatic carbocycles. The summed E-state index contributed by atoms with van der Waals surface area (Å²) in [5.74, 6) is 2.56. The molecule has 0 amide bonds. The molecule has 0 saturated heterocycles. The highest BCUT2D eigenvalue weighted by Gasteiger charge is 2.21. The van der Waals surface area contributed by atoms with Gasteiger partial charge in [-0.3, -0.25) is 0 Å². The average molecular weight is 372 g/mol. The number of anilines is 2. The van der Waals surface area contributed by atoms with Crippen LogP contribution in [0.3, 0.4) is 0 Å². The van der Waals surface area contributed by atoms with Crippen molar-refractivity contribution in [2.24, 2.45) is 11.7 Å². The Hall–Kier alpha value is -1.85. The van der Waals surface area contributed by atoms with E-state index in [1.165, 1.54) is 12.8 Å². The predicted octanol–water partition coefficient (Wildman–Crippen LogP) is 4.30. The lowest BCUT2D eigenvalue weighted by molar-refractivity contribution is 0.410. The van der Waals surface area contributed by atoms with Crippen molar-refractivity contribution in [2.75, 3.05) is 17.2 Å². The van der Waals surface area contributed by atoms with Gasteiger partial charge in [0, 0.05) is 30.4 Å². The van der Waals surface area contributed by atoms with Crippen LogP contribution < -0.4 is 16.4 Å². The number of pyridine rings is 2.